The van der Waals surface area contributed by atoms with Crippen LogP contribution in [-0.2, 0) is 16.1 Å². The second kappa shape index (κ2) is 11.7. The number of thiazole rings is 1. The Kier molecular flexibility index (Phi) is 7.62. The molecule has 0 bridgehead atoms. The number of hydrogen-bond donors (Lipinski definition) is 1. The fourth-order valence-corrected chi connectivity index (χ4v) is 6.09. The summed E-state index contributed by atoms with van der Waals surface area (Å²) in [4.78, 5) is 46.0. The molecule has 2 aromatic heterocycles. The second-order valence-electron chi connectivity index (χ2n) is 9.91. The van der Waals surface area contributed by atoms with E-state index in [1.165, 1.54) is 25.2 Å². The summed E-state index contributed by atoms with van der Waals surface area (Å²) in [5.74, 6) is -2.10. The van der Waals surface area contributed by atoms with Gasteiger partial charge in [-0.05, 0) is 42.3 Å². The number of aliphatic hydroxyl groups excluding tert-OH is 1. The Bertz CT molecular complexity index is 1940. The number of carbonyl (C=O) groups is 3. The number of amides is 1. The first-order valence-corrected chi connectivity index (χ1v) is 14.3. The number of Topliss-reactive ketones (excluding diaryl/α,β-unsaturated/α-hetero) is 1. The van der Waals surface area contributed by atoms with Crippen molar-refractivity contribution >= 4 is 45.1 Å². The number of rotatable bonds is 9. The van der Waals surface area contributed by atoms with Crippen LogP contribution in [0.25, 0.3) is 11.0 Å². The molecule has 10 nitrogen and oxygen atoms in total. The molecule has 0 saturated carbocycles. The number of aliphatic hydroxyl groups is 1. The maximum Gasteiger partial charge on any atom is 0.350 e. The quantitative estimate of drug-likeness (QED) is 0.150. The Labute approximate surface area is 255 Å². The molecule has 1 aliphatic rings. The van der Waals surface area contributed by atoms with Crippen LogP contribution in [0.4, 0.5) is 5.13 Å². The average Bonchev–Trinajstić information content (AvgIpc) is 3.73. The van der Waals surface area contributed by atoms with E-state index >= 15 is 0 Å². The molecule has 11 heteroatoms. The molecule has 3 aromatic carbocycles. The fraction of sp³-hybridized carbons (Fsp3) is 0.152. The number of aromatic nitrogens is 1. The van der Waals surface area contributed by atoms with E-state index in [0.29, 0.717) is 40.3 Å². The van der Waals surface area contributed by atoms with Crippen LogP contribution in [0.15, 0.2) is 94.6 Å². The van der Waals surface area contributed by atoms with E-state index in [1.807, 2.05) is 30.3 Å². The molecular weight excluding hydrogens is 584 g/mol. The topological polar surface area (TPSA) is 128 Å². The molecule has 1 amide bonds. The van der Waals surface area contributed by atoms with Gasteiger partial charge in [0.25, 0.3) is 5.91 Å². The van der Waals surface area contributed by atoms with Crippen molar-refractivity contribution < 1.29 is 38.1 Å². The van der Waals surface area contributed by atoms with Gasteiger partial charge < -0.3 is 23.7 Å². The lowest BCUT2D eigenvalue weighted by Gasteiger charge is -2.24. The van der Waals surface area contributed by atoms with Crippen molar-refractivity contribution in [2.24, 2.45) is 0 Å². The van der Waals surface area contributed by atoms with Crippen molar-refractivity contribution in [3.8, 4) is 11.5 Å². The van der Waals surface area contributed by atoms with Gasteiger partial charge >= 0.3 is 5.97 Å². The maximum absolute atomic E-state index is 14.1. The summed E-state index contributed by atoms with van der Waals surface area (Å²) in [6, 6.07) is 22.1. The number of hydrogen-bond acceptors (Lipinski definition) is 10. The van der Waals surface area contributed by atoms with E-state index in [9.17, 15) is 19.5 Å². The van der Waals surface area contributed by atoms with Gasteiger partial charge in [0.15, 0.2) is 28.0 Å². The van der Waals surface area contributed by atoms with Gasteiger partial charge in [-0.1, -0.05) is 65.9 Å². The van der Waals surface area contributed by atoms with Crippen LogP contribution in [-0.4, -0.2) is 42.0 Å². The van der Waals surface area contributed by atoms with Gasteiger partial charge in [0.1, 0.15) is 17.2 Å². The molecule has 0 radical (unpaired) electrons. The van der Waals surface area contributed by atoms with Gasteiger partial charge in [-0.2, -0.15) is 0 Å². The third kappa shape index (κ3) is 5.07. The summed E-state index contributed by atoms with van der Waals surface area (Å²) >= 11 is 0.923. The molecule has 6 rings (SSSR count). The van der Waals surface area contributed by atoms with E-state index in [1.54, 1.807) is 49.4 Å². The minimum atomic E-state index is -1.12. The van der Waals surface area contributed by atoms with Crippen molar-refractivity contribution in [1.29, 1.82) is 0 Å². The van der Waals surface area contributed by atoms with Crippen molar-refractivity contribution in [2.75, 3.05) is 19.1 Å². The predicted molar refractivity (Wildman–Crippen MR) is 162 cm³/mol. The van der Waals surface area contributed by atoms with Gasteiger partial charge in [0.2, 0.25) is 5.78 Å². The highest BCUT2D eigenvalue weighted by atomic mass is 32.1. The van der Waals surface area contributed by atoms with E-state index in [-0.39, 0.29) is 21.3 Å². The Hall–Kier alpha value is -5.42. The monoisotopic (exact) mass is 610 g/mol. The molecule has 0 aliphatic carbocycles. The number of fused-ring (bicyclic) bond motifs is 1. The number of benzene rings is 3. The highest BCUT2D eigenvalue weighted by molar-refractivity contribution is 7.17. The summed E-state index contributed by atoms with van der Waals surface area (Å²) in [5.41, 5.74) is 1.91. The van der Waals surface area contributed by atoms with Crippen LogP contribution in [0.5, 0.6) is 11.5 Å². The van der Waals surface area contributed by atoms with Crippen LogP contribution in [0, 0.1) is 6.92 Å². The van der Waals surface area contributed by atoms with Crippen LogP contribution < -0.4 is 14.4 Å². The zero-order valence-electron chi connectivity index (χ0n) is 23.9. The first-order valence-electron chi connectivity index (χ1n) is 13.5. The molecule has 222 valence electrons. The molecule has 1 unspecified atom stereocenters. The molecule has 0 fully saturated rings. The van der Waals surface area contributed by atoms with Gasteiger partial charge in [-0.3, -0.25) is 14.5 Å². The zero-order chi connectivity index (χ0) is 31.0. The van der Waals surface area contributed by atoms with Crippen LogP contribution in [0.3, 0.4) is 0 Å². The fourth-order valence-electron chi connectivity index (χ4n) is 5.07. The molecular formula is C33H26N2O8S. The number of furan rings is 1. The number of ether oxygens (including phenoxy) is 3. The Morgan fingerprint density at radius 1 is 1.02 bits per heavy atom. The maximum atomic E-state index is 14.1. The molecule has 3 heterocycles. The van der Waals surface area contributed by atoms with Crippen molar-refractivity contribution in [1.82, 2.24) is 4.98 Å². The third-order valence-electron chi connectivity index (χ3n) is 7.19. The molecule has 44 heavy (non-hydrogen) atoms. The van der Waals surface area contributed by atoms with Gasteiger partial charge in [-0.15, -0.1) is 0 Å². The smallest absolute Gasteiger partial charge is 0.350 e. The molecule has 5 aromatic rings. The molecule has 0 saturated heterocycles. The summed E-state index contributed by atoms with van der Waals surface area (Å²) in [6.45, 7) is 1.90. The number of ketones is 1. The molecule has 1 atom stereocenters. The van der Waals surface area contributed by atoms with Crippen molar-refractivity contribution in [2.45, 2.75) is 19.6 Å². The first-order chi connectivity index (χ1) is 21.3. The Morgan fingerprint density at radius 3 is 2.55 bits per heavy atom. The van der Waals surface area contributed by atoms with E-state index in [2.05, 4.69) is 4.98 Å². The van der Waals surface area contributed by atoms with Gasteiger partial charge in [0, 0.05) is 5.39 Å². The third-order valence-corrected chi connectivity index (χ3v) is 8.33. The standard InChI is InChI=1S/C33H26N2O8S/c1-18-30(32(39)41-3)44-33(34-18)35-26(20-11-7-13-22(15-20)42-17-19-9-5-4-6-10-19)25(28(37)31(35)38)27(36)24-16-21-12-8-14-23(40-2)29(21)43-24/h4-16,26,37H,17H2,1-3H3. The van der Waals surface area contributed by atoms with Crippen molar-refractivity contribution in [3.05, 3.63) is 118 Å². The van der Waals surface area contributed by atoms with Gasteiger partial charge in [-0.25, -0.2) is 9.78 Å². The van der Waals surface area contributed by atoms with Crippen molar-refractivity contribution in [3.63, 3.8) is 0 Å². The van der Waals surface area contributed by atoms with E-state index in [4.69, 9.17) is 18.6 Å². The van der Waals surface area contributed by atoms with E-state index < -0.39 is 29.5 Å². The molecule has 1 aliphatic heterocycles. The first kappa shape index (κ1) is 28.7. The normalized spacial score (nSPS) is 14.8. The molecule has 0 spiro atoms. The summed E-state index contributed by atoms with van der Waals surface area (Å²) in [5, 5.41) is 12.0. The minimum Gasteiger partial charge on any atom is -0.503 e. The lowest BCUT2D eigenvalue weighted by molar-refractivity contribution is -0.117. The number of methoxy groups -OCH3 is 2. The second-order valence-corrected chi connectivity index (χ2v) is 10.9. The summed E-state index contributed by atoms with van der Waals surface area (Å²) in [6.07, 6.45) is 0. The molecule has 1 N–H and O–H groups in total. The number of para-hydroxylation sites is 1. The lowest BCUT2D eigenvalue weighted by Crippen LogP contribution is -2.31. The number of esters is 1. The van der Waals surface area contributed by atoms with Crippen LogP contribution in [0.1, 0.15) is 43.1 Å². The summed E-state index contributed by atoms with van der Waals surface area (Å²) < 4.78 is 22.2. The minimum absolute atomic E-state index is 0.0900. The van der Waals surface area contributed by atoms with Crippen LogP contribution >= 0.6 is 11.3 Å². The number of anilines is 1. The van der Waals surface area contributed by atoms with Gasteiger partial charge in [0.05, 0.1) is 31.5 Å². The lowest BCUT2D eigenvalue weighted by atomic mass is 9.95. The van der Waals surface area contributed by atoms with Crippen LogP contribution in [0.2, 0.25) is 0 Å². The average molecular weight is 611 g/mol. The Morgan fingerprint density at radius 2 is 1.80 bits per heavy atom. The predicted octanol–water partition coefficient (Wildman–Crippen LogP) is 6.35. The SMILES string of the molecule is COC(=O)c1sc(N2C(=O)C(O)=C(C(=O)c3cc4cccc(OC)c4o3)C2c2cccc(OCc3ccccc3)c2)nc1C. The highest BCUT2D eigenvalue weighted by Gasteiger charge is 2.47. The number of carbonyl (C=O) groups excluding carboxylic acids is 3. The zero-order valence-corrected chi connectivity index (χ0v) is 24.7. The largest absolute Gasteiger partial charge is 0.503 e. The Balaban J connectivity index is 1.45. The summed E-state index contributed by atoms with van der Waals surface area (Å²) in [7, 11) is 2.74. The number of nitrogens with zero attached hydrogens (tertiary/aromatic N) is 2. The van der Waals surface area contributed by atoms with E-state index in [0.717, 1.165) is 16.9 Å². The highest BCUT2D eigenvalue weighted by Crippen LogP contribution is 2.45. The number of aryl methyl sites for hydroxylation is 1.